The molecule has 0 aliphatic carbocycles. The van der Waals surface area contributed by atoms with E-state index in [4.69, 9.17) is 19.3 Å². The van der Waals surface area contributed by atoms with Gasteiger partial charge in [-0.15, -0.1) is 0 Å². The molecule has 2 aliphatic rings. The van der Waals surface area contributed by atoms with Gasteiger partial charge in [0.05, 0.1) is 30.8 Å². The summed E-state index contributed by atoms with van der Waals surface area (Å²) in [4.78, 5) is 10.9. The zero-order valence-corrected chi connectivity index (χ0v) is 16.6. The van der Waals surface area contributed by atoms with Crippen molar-refractivity contribution in [3.63, 3.8) is 0 Å². The topological polar surface area (TPSA) is 65.0 Å². The summed E-state index contributed by atoms with van der Waals surface area (Å²) in [5.74, 6) is -1.38. The average Bonchev–Trinajstić information content (AvgIpc) is 2.53. The van der Waals surface area contributed by atoms with Crippen molar-refractivity contribution >= 4 is 5.97 Å². The highest BCUT2D eigenvalue weighted by Crippen LogP contribution is 2.32. The van der Waals surface area contributed by atoms with Crippen LogP contribution in [0.5, 0.6) is 0 Å². The van der Waals surface area contributed by atoms with Gasteiger partial charge < -0.3 is 19.3 Å². The molecule has 0 aromatic rings. The Kier molecular flexibility index (Phi) is 8.58. The highest BCUT2D eigenvalue weighted by molar-refractivity contribution is 5.67. The Labute approximate surface area is 158 Å². The number of carboxylic acid groups (broad SMARTS) is 1. The van der Waals surface area contributed by atoms with E-state index in [9.17, 15) is 4.79 Å². The summed E-state index contributed by atoms with van der Waals surface area (Å²) in [6.07, 6.45) is 13.9. The van der Waals surface area contributed by atoms with E-state index < -0.39 is 11.8 Å². The maximum atomic E-state index is 10.9. The molecule has 0 unspecified atom stereocenters. The van der Waals surface area contributed by atoms with E-state index in [1.807, 2.05) is 26.0 Å². The molecule has 26 heavy (non-hydrogen) atoms. The van der Waals surface area contributed by atoms with E-state index in [1.54, 1.807) is 0 Å². The van der Waals surface area contributed by atoms with Crippen molar-refractivity contribution in [2.75, 3.05) is 0 Å². The van der Waals surface area contributed by atoms with E-state index in [1.165, 1.54) is 32.1 Å². The second-order valence-corrected chi connectivity index (χ2v) is 8.11. The van der Waals surface area contributed by atoms with Crippen LogP contribution in [0.3, 0.4) is 0 Å². The van der Waals surface area contributed by atoms with Gasteiger partial charge in [-0.2, -0.15) is 0 Å². The van der Waals surface area contributed by atoms with Crippen LogP contribution in [0.15, 0.2) is 12.2 Å². The average molecular weight is 369 g/mol. The molecule has 5 nitrogen and oxygen atoms in total. The molecular weight excluding hydrogens is 332 g/mol. The Balaban J connectivity index is 1.81. The Morgan fingerprint density at radius 1 is 1.12 bits per heavy atom. The number of rotatable bonds is 10. The summed E-state index contributed by atoms with van der Waals surface area (Å²) >= 11 is 0. The lowest BCUT2D eigenvalue weighted by Crippen LogP contribution is -2.46. The van der Waals surface area contributed by atoms with Crippen LogP contribution in [0.1, 0.15) is 85.0 Å². The monoisotopic (exact) mass is 368 g/mol. The Morgan fingerprint density at radius 3 is 2.58 bits per heavy atom. The molecule has 0 aromatic heterocycles. The third-order valence-electron chi connectivity index (χ3n) is 5.07. The molecule has 0 bridgehead atoms. The fraction of sp³-hybridized carbons (Fsp3) is 0.857. The van der Waals surface area contributed by atoms with Crippen molar-refractivity contribution in [2.45, 2.75) is 115 Å². The van der Waals surface area contributed by atoms with Gasteiger partial charge in [-0.1, -0.05) is 51.2 Å². The quantitative estimate of drug-likeness (QED) is 0.442. The predicted molar refractivity (Wildman–Crippen MR) is 101 cm³/mol. The lowest BCUT2D eigenvalue weighted by Gasteiger charge is -2.42. The summed E-state index contributed by atoms with van der Waals surface area (Å²) < 4.78 is 18.2. The van der Waals surface area contributed by atoms with Crippen molar-refractivity contribution in [2.24, 2.45) is 0 Å². The summed E-state index contributed by atoms with van der Waals surface area (Å²) in [7, 11) is 0. The van der Waals surface area contributed by atoms with Gasteiger partial charge in [-0.05, 0) is 26.7 Å². The first-order valence-corrected chi connectivity index (χ1v) is 10.3. The summed E-state index contributed by atoms with van der Waals surface area (Å²) in [6.45, 7) is 6.19. The van der Waals surface area contributed by atoms with Crippen LogP contribution in [0.4, 0.5) is 0 Å². The van der Waals surface area contributed by atoms with Crippen molar-refractivity contribution in [1.82, 2.24) is 0 Å². The highest BCUT2D eigenvalue weighted by Gasteiger charge is 2.36. The molecule has 0 spiro atoms. The zero-order chi connectivity index (χ0) is 19.0. The van der Waals surface area contributed by atoms with Crippen LogP contribution in [-0.4, -0.2) is 41.3 Å². The van der Waals surface area contributed by atoms with Crippen molar-refractivity contribution < 1.29 is 24.1 Å². The molecule has 0 amide bonds. The van der Waals surface area contributed by atoms with Crippen molar-refractivity contribution in [1.29, 1.82) is 0 Å². The van der Waals surface area contributed by atoms with Crippen LogP contribution in [0, 0.1) is 0 Å². The molecule has 2 aliphatic heterocycles. The van der Waals surface area contributed by atoms with E-state index in [2.05, 4.69) is 6.92 Å². The molecule has 1 N–H and O–H groups in total. The van der Waals surface area contributed by atoms with Gasteiger partial charge in [-0.25, -0.2) is 0 Å². The maximum absolute atomic E-state index is 10.9. The minimum atomic E-state index is -0.810. The smallest absolute Gasteiger partial charge is 0.305 e. The van der Waals surface area contributed by atoms with E-state index >= 15 is 0 Å². The molecule has 0 aromatic carbocycles. The van der Waals surface area contributed by atoms with Crippen molar-refractivity contribution in [3.05, 3.63) is 12.2 Å². The predicted octanol–water partition coefficient (Wildman–Crippen LogP) is 4.84. The number of hydrogen-bond acceptors (Lipinski definition) is 4. The first kappa shape index (κ1) is 21.4. The first-order chi connectivity index (χ1) is 12.4. The fourth-order valence-corrected chi connectivity index (χ4v) is 3.97. The van der Waals surface area contributed by atoms with Crippen LogP contribution < -0.4 is 0 Å². The largest absolute Gasteiger partial charge is 0.481 e. The standard InChI is InChI=1S/C21H36O5/c1-4-5-6-7-8-10-18-14-19(26-21(2,3)25-18)13-16-11-9-12-17(24-16)15-20(22)23/h9,11,16-19H,4-8,10,12-15H2,1-3H3,(H,22,23)/t16-,17-,18+,19-/m0/s1. The Bertz CT molecular complexity index is 459. The first-order valence-electron chi connectivity index (χ1n) is 10.3. The van der Waals surface area contributed by atoms with Gasteiger partial charge in [-0.3, -0.25) is 4.79 Å². The minimum Gasteiger partial charge on any atom is -0.481 e. The van der Waals surface area contributed by atoms with E-state index in [-0.39, 0.29) is 30.8 Å². The van der Waals surface area contributed by atoms with Gasteiger partial charge >= 0.3 is 5.97 Å². The lowest BCUT2D eigenvalue weighted by molar-refractivity contribution is -0.303. The third-order valence-corrected chi connectivity index (χ3v) is 5.07. The molecule has 1 saturated heterocycles. The summed E-state index contributed by atoms with van der Waals surface area (Å²) in [5.41, 5.74) is 0. The molecular formula is C21H36O5. The number of aliphatic carboxylic acids is 1. The second kappa shape index (κ2) is 10.4. The van der Waals surface area contributed by atoms with Gasteiger partial charge in [0.25, 0.3) is 0 Å². The number of unbranched alkanes of at least 4 members (excludes halogenated alkanes) is 4. The SMILES string of the molecule is CCCCCCC[C@@H]1C[C@H](C[C@@H]2C=CC[C@@H](CC(=O)O)O2)OC(C)(C)O1. The van der Waals surface area contributed by atoms with Crippen LogP contribution in [-0.2, 0) is 19.0 Å². The van der Waals surface area contributed by atoms with Crippen LogP contribution in [0.2, 0.25) is 0 Å². The summed E-state index contributed by atoms with van der Waals surface area (Å²) in [5, 5.41) is 8.97. The molecule has 1 fully saturated rings. The van der Waals surface area contributed by atoms with Crippen LogP contribution >= 0.6 is 0 Å². The minimum absolute atomic E-state index is 0.0569. The normalized spacial score (nSPS) is 31.0. The number of hydrogen-bond donors (Lipinski definition) is 1. The third kappa shape index (κ3) is 7.77. The molecule has 2 heterocycles. The molecule has 0 radical (unpaired) electrons. The highest BCUT2D eigenvalue weighted by atomic mass is 16.7. The second-order valence-electron chi connectivity index (χ2n) is 8.11. The number of carboxylic acids is 1. The van der Waals surface area contributed by atoms with Crippen LogP contribution in [0.25, 0.3) is 0 Å². The van der Waals surface area contributed by atoms with Gasteiger partial charge in [0.2, 0.25) is 0 Å². The van der Waals surface area contributed by atoms with Gasteiger partial charge in [0, 0.05) is 12.8 Å². The van der Waals surface area contributed by atoms with Gasteiger partial charge in [0.15, 0.2) is 5.79 Å². The number of carbonyl (C=O) groups is 1. The molecule has 4 atom stereocenters. The lowest BCUT2D eigenvalue weighted by atomic mass is 9.97. The summed E-state index contributed by atoms with van der Waals surface area (Å²) in [6, 6.07) is 0. The van der Waals surface area contributed by atoms with Gasteiger partial charge in [0.1, 0.15) is 0 Å². The Hall–Kier alpha value is -0.910. The van der Waals surface area contributed by atoms with E-state index in [0.29, 0.717) is 6.42 Å². The molecule has 150 valence electrons. The van der Waals surface area contributed by atoms with Crippen molar-refractivity contribution in [3.8, 4) is 0 Å². The van der Waals surface area contributed by atoms with E-state index in [0.717, 1.165) is 19.3 Å². The molecule has 0 saturated carbocycles. The molecule has 2 rings (SSSR count). The fourth-order valence-electron chi connectivity index (χ4n) is 3.97. The number of ether oxygens (including phenoxy) is 3. The zero-order valence-electron chi connectivity index (χ0n) is 16.6. The maximum Gasteiger partial charge on any atom is 0.305 e. The Morgan fingerprint density at radius 2 is 1.85 bits per heavy atom. The molecule has 5 heteroatoms.